The Hall–Kier alpha value is -8.00. The Kier molecular flexibility index (Phi) is 42.7. The van der Waals surface area contributed by atoms with Crippen molar-refractivity contribution in [1.29, 1.82) is 0 Å². The van der Waals surface area contributed by atoms with E-state index in [1.807, 2.05) is 32.0 Å². The summed E-state index contributed by atoms with van der Waals surface area (Å²) in [6, 6.07) is 8.72. The molecule has 1 fully saturated rings. The lowest BCUT2D eigenvalue weighted by atomic mass is 9.89. The van der Waals surface area contributed by atoms with Gasteiger partial charge in [-0.15, -0.1) is 0 Å². The summed E-state index contributed by atoms with van der Waals surface area (Å²) in [7, 11) is 6.09. The number of likely N-dealkylation sites (tertiary alicyclic amines) is 1. The summed E-state index contributed by atoms with van der Waals surface area (Å²) in [6.07, 6.45) is 7.21. The van der Waals surface area contributed by atoms with Gasteiger partial charge in [0.2, 0.25) is 41.4 Å². The third-order valence-electron chi connectivity index (χ3n) is 19.6. The molecule has 2 aromatic rings. The van der Waals surface area contributed by atoms with E-state index in [2.05, 4.69) is 49.4 Å². The molecule has 1 saturated heterocycles. The highest BCUT2D eigenvalue weighted by molar-refractivity contribution is 5.98. The molecule has 1 aliphatic heterocycles. The molecule has 30 nitrogen and oxygen atoms in total. The SMILES string of the molecule is CC[C@H](C)[C@@H]([C@@H](CC(=O)N1CCC[C@H]1[C@H](OC)[C@@H](C)C(=O)N[C@H](C)[C@@H](O)c1ccccc1)OC)N(C)C(=O)[C@@H](NC(=O)[C@H](C(C)C)N(C)C(=O)OCc1ccc(NC(=O)[C@H](CCCNC(N)=O)NC(=O)[C@@H](NC(=O)CCOCCOCCOCCOCCNC(=O)OC2CCC=CCCC2)C(C)C)cc1)C(C)C. The van der Waals surface area contributed by atoms with Crippen LogP contribution in [-0.2, 0) is 78.1 Å². The summed E-state index contributed by atoms with van der Waals surface area (Å²) < 4.78 is 45.5. The van der Waals surface area contributed by atoms with Crippen molar-refractivity contribution in [1.82, 2.24) is 46.6 Å². The number of aliphatic hydroxyl groups is 1. The average molecular weight is 1520 g/mol. The van der Waals surface area contributed by atoms with Crippen LogP contribution in [0.15, 0.2) is 66.7 Å². The maximum absolute atomic E-state index is 14.9. The summed E-state index contributed by atoms with van der Waals surface area (Å²) in [4.78, 5) is 140. The van der Waals surface area contributed by atoms with Crippen LogP contribution in [0.25, 0.3) is 0 Å². The first kappa shape index (κ1) is 92.4. The minimum absolute atomic E-state index is 0.0538. The number of allylic oxidation sites excluding steroid dienone is 2. The summed E-state index contributed by atoms with van der Waals surface area (Å²) in [6.45, 7) is 20.9. The first-order chi connectivity index (χ1) is 51.5. The molecule has 108 heavy (non-hydrogen) atoms. The van der Waals surface area contributed by atoms with Crippen molar-refractivity contribution in [2.24, 2.45) is 35.3 Å². The molecule has 0 radical (unpaired) electrons. The number of amides is 11. The van der Waals surface area contributed by atoms with Gasteiger partial charge in [0.1, 0.15) is 36.9 Å². The molecular formula is C78H127N11O19. The third kappa shape index (κ3) is 31.9. The first-order valence-electron chi connectivity index (χ1n) is 38.3. The van der Waals surface area contributed by atoms with Crippen LogP contribution in [0.5, 0.6) is 0 Å². The van der Waals surface area contributed by atoms with Crippen LogP contribution in [0.3, 0.4) is 0 Å². The fraction of sp³-hybridized carbons (Fsp3) is 0.692. The van der Waals surface area contributed by atoms with Crippen LogP contribution in [0, 0.1) is 29.6 Å². The third-order valence-corrected chi connectivity index (χ3v) is 19.6. The highest BCUT2D eigenvalue weighted by Crippen LogP contribution is 2.31. The van der Waals surface area contributed by atoms with Gasteiger partial charge in [0.15, 0.2) is 0 Å². The summed E-state index contributed by atoms with van der Waals surface area (Å²) in [5, 5.41) is 30.4. The standard InChI is InChI=1S/C78H127N11O19/c1-15-53(8)68(62(101-13)48-64(91)89-39-25-31-61(89)70(102-14)54(9)71(93)82-55(10)69(92)57-26-20-19-21-27-57)87(11)75(97)66(51(4)5)86-74(96)67(52(6)7)88(12)78(100)107-49-56-32-34-58(35-33-56)83-72(94)60(30-24-37-80-76(79)98)84-73(95)65(50(2)3)85-63(90)36-40-103-42-44-105-46-47-106-45-43-104-41-38-81-77(99)108-59-28-22-17-16-18-23-29-59/h16-17,19-21,26-27,32-35,50-55,59-62,65-70,92H,15,18,22-25,28-31,36-49H2,1-14H3,(H,81,99)(H,82,93)(H,83,94)(H,84,95)(H,85,90)(H,86,96)(H3,79,80,98)/t53-,54+,55+,59?,60-,61-,62+,65-,66-,67-,68-,69+,70+/m0/s1. The van der Waals surface area contributed by atoms with Gasteiger partial charge >= 0.3 is 18.2 Å². The van der Waals surface area contributed by atoms with Crippen molar-refractivity contribution in [2.75, 3.05) is 106 Å². The Morgan fingerprint density at radius 3 is 1.87 bits per heavy atom. The molecule has 2 aliphatic rings. The molecule has 1 heterocycles. The van der Waals surface area contributed by atoms with Gasteiger partial charge in [-0.3, -0.25) is 38.5 Å². The van der Waals surface area contributed by atoms with Gasteiger partial charge in [-0.05, 0) is 112 Å². The number of likely N-dealkylation sites (N-methyl/N-ethyl adjacent to an activating group) is 2. The number of carbonyl (C=O) groups is 10. The van der Waals surface area contributed by atoms with Crippen molar-refractivity contribution in [3.63, 3.8) is 0 Å². The van der Waals surface area contributed by atoms with Gasteiger partial charge in [-0.25, -0.2) is 14.4 Å². The topological polar surface area (TPSA) is 385 Å². The normalized spacial score (nSPS) is 17.6. The lowest BCUT2D eigenvalue weighted by Gasteiger charge is -2.41. The Balaban J connectivity index is 1.26. The molecule has 1 aliphatic carbocycles. The number of hydrogen-bond acceptors (Lipinski definition) is 19. The molecule has 30 heteroatoms. The fourth-order valence-electron chi connectivity index (χ4n) is 13.3. The van der Waals surface area contributed by atoms with Crippen LogP contribution < -0.4 is 43.0 Å². The molecule has 0 saturated carbocycles. The number of nitrogens with zero attached hydrogens (tertiary/aromatic N) is 3. The van der Waals surface area contributed by atoms with Crippen LogP contribution in [-0.4, -0.2) is 241 Å². The van der Waals surface area contributed by atoms with Gasteiger partial charge in [-0.2, -0.15) is 0 Å². The van der Waals surface area contributed by atoms with Gasteiger partial charge in [0.05, 0.1) is 102 Å². The number of alkyl carbamates (subject to hydrolysis) is 1. The Morgan fingerprint density at radius 1 is 0.639 bits per heavy atom. The number of nitrogens with one attached hydrogen (secondary N) is 7. The van der Waals surface area contributed by atoms with E-state index in [-0.39, 0.29) is 88.4 Å². The van der Waals surface area contributed by atoms with E-state index in [9.17, 15) is 53.1 Å². The predicted octanol–water partition coefficient (Wildman–Crippen LogP) is 6.66. The number of aliphatic hydroxyl groups excluding tert-OH is 1. The lowest BCUT2D eigenvalue weighted by molar-refractivity contribution is -0.148. The van der Waals surface area contributed by atoms with Gasteiger partial charge in [-0.1, -0.05) is 123 Å². The molecule has 0 bridgehead atoms. The molecule has 0 spiro atoms. The van der Waals surface area contributed by atoms with E-state index < -0.39 is 126 Å². The molecule has 0 aromatic heterocycles. The molecule has 10 N–H and O–H groups in total. The summed E-state index contributed by atoms with van der Waals surface area (Å²) >= 11 is 0. The van der Waals surface area contributed by atoms with Crippen LogP contribution in [0.1, 0.15) is 164 Å². The van der Waals surface area contributed by atoms with Crippen molar-refractivity contribution in [2.45, 2.75) is 220 Å². The number of anilines is 1. The lowest BCUT2D eigenvalue weighted by Crippen LogP contribution is -2.60. The Bertz CT molecular complexity index is 3090. The molecule has 13 atom stereocenters. The van der Waals surface area contributed by atoms with Gasteiger partial charge in [0.25, 0.3) is 0 Å². The molecule has 608 valence electrons. The molecule has 11 amide bonds. The molecular weight excluding hydrogens is 1390 g/mol. The van der Waals surface area contributed by atoms with Crippen molar-refractivity contribution >= 4 is 65.3 Å². The second-order valence-electron chi connectivity index (χ2n) is 28.9. The van der Waals surface area contributed by atoms with E-state index >= 15 is 0 Å². The fourth-order valence-corrected chi connectivity index (χ4v) is 13.3. The average Bonchev–Trinajstić information content (AvgIpc) is 1.48. The van der Waals surface area contributed by atoms with Gasteiger partial charge < -0.3 is 95.8 Å². The molecule has 2 aromatic carbocycles. The Labute approximate surface area is 639 Å². The van der Waals surface area contributed by atoms with E-state index in [4.69, 9.17) is 43.6 Å². The zero-order chi connectivity index (χ0) is 79.8. The van der Waals surface area contributed by atoms with Gasteiger partial charge in [0, 0.05) is 60.1 Å². The monoisotopic (exact) mass is 1520 g/mol. The predicted molar refractivity (Wildman–Crippen MR) is 407 cm³/mol. The zero-order valence-corrected chi connectivity index (χ0v) is 66.3. The summed E-state index contributed by atoms with van der Waals surface area (Å²) in [5.41, 5.74) is 6.80. The van der Waals surface area contributed by atoms with Crippen molar-refractivity contribution < 1.29 is 90.9 Å². The number of nitrogens with two attached hydrogens (primary N) is 1. The number of urea groups is 1. The second kappa shape index (κ2) is 49.9. The van der Waals surface area contributed by atoms with E-state index in [0.717, 1.165) is 32.1 Å². The maximum Gasteiger partial charge on any atom is 0.410 e. The minimum Gasteiger partial charge on any atom is -0.446 e. The van der Waals surface area contributed by atoms with Crippen molar-refractivity contribution in [3.05, 3.63) is 77.9 Å². The highest BCUT2D eigenvalue weighted by atomic mass is 16.6. The number of hydrogen-bond donors (Lipinski definition) is 9. The maximum atomic E-state index is 14.9. The second-order valence-corrected chi connectivity index (χ2v) is 28.9. The smallest absolute Gasteiger partial charge is 0.410 e. The zero-order valence-electron chi connectivity index (χ0n) is 66.3. The molecule has 4 rings (SSSR count). The van der Waals surface area contributed by atoms with E-state index in [1.165, 1.54) is 26.2 Å². The van der Waals surface area contributed by atoms with E-state index in [1.54, 1.807) is 109 Å². The number of rotatable bonds is 48. The van der Waals surface area contributed by atoms with Crippen molar-refractivity contribution in [3.8, 4) is 0 Å². The minimum atomic E-state index is -1.12. The summed E-state index contributed by atoms with van der Waals surface area (Å²) in [5.74, 6) is -5.36. The number of primary amides is 1. The molecule has 1 unspecified atom stereocenters. The number of methoxy groups -OCH3 is 2. The number of ether oxygens (including phenoxy) is 8. The van der Waals surface area contributed by atoms with Crippen LogP contribution in [0.4, 0.5) is 20.1 Å². The van der Waals surface area contributed by atoms with E-state index in [0.29, 0.717) is 82.2 Å². The van der Waals surface area contributed by atoms with Crippen LogP contribution in [0.2, 0.25) is 0 Å². The first-order valence-corrected chi connectivity index (χ1v) is 38.3. The largest absolute Gasteiger partial charge is 0.446 e. The number of benzene rings is 2. The van der Waals surface area contributed by atoms with Crippen LogP contribution >= 0.6 is 0 Å². The Morgan fingerprint density at radius 2 is 1.27 bits per heavy atom. The number of carbonyl (C=O) groups excluding carboxylic acids is 10. The highest BCUT2D eigenvalue weighted by Gasteiger charge is 2.44. The quantitative estimate of drug-likeness (QED) is 0.0247.